The number of oxazole rings is 1. The van der Waals surface area contributed by atoms with E-state index in [1.807, 2.05) is 0 Å². The molecule has 0 aromatic carbocycles. The zero-order chi connectivity index (χ0) is 15.0. The number of aromatic nitrogens is 1. The van der Waals surface area contributed by atoms with E-state index in [0.717, 1.165) is 0 Å². The number of rotatable bonds is 3. The van der Waals surface area contributed by atoms with Crippen molar-refractivity contribution in [1.29, 1.82) is 0 Å². The smallest absolute Gasteiger partial charge is 0.452 e. The molecule has 1 unspecified atom stereocenters. The Hall–Kier alpha value is -2.09. The van der Waals surface area contributed by atoms with Crippen molar-refractivity contribution in [2.24, 2.45) is 0 Å². The van der Waals surface area contributed by atoms with Crippen molar-refractivity contribution in [3.05, 3.63) is 41.6 Å². The van der Waals surface area contributed by atoms with Gasteiger partial charge in [-0.1, -0.05) is 18.2 Å². The average molecular weight is 289 g/mol. The molecule has 0 aliphatic heterocycles. The number of methoxy groups -OCH3 is 1. The molecule has 0 bridgehead atoms. The molecule has 1 atom stereocenters. The van der Waals surface area contributed by atoms with Crippen molar-refractivity contribution in [3.8, 4) is 0 Å². The van der Waals surface area contributed by atoms with Gasteiger partial charge >= 0.3 is 12.1 Å². The number of hydrogen-bond acceptors (Lipinski definition) is 4. The van der Waals surface area contributed by atoms with Crippen molar-refractivity contribution in [3.63, 3.8) is 0 Å². The summed E-state index contributed by atoms with van der Waals surface area (Å²) in [5.41, 5.74) is -2.51. The van der Waals surface area contributed by atoms with E-state index in [-0.39, 0.29) is 6.42 Å². The minimum Gasteiger partial charge on any atom is -0.476 e. The lowest BCUT2D eigenvalue weighted by atomic mass is 9.95. The predicted octanol–water partition coefficient (Wildman–Crippen LogP) is 2.75. The average Bonchev–Trinajstić information content (AvgIpc) is 2.85. The number of allylic oxidation sites excluding steroid dienone is 2. The number of carbonyl (C=O) groups is 1. The topological polar surface area (TPSA) is 72.6 Å². The van der Waals surface area contributed by atoms with Crippen LogP contribution in [0.5, 0.6) is 0 Å². The third kappa shape index (κ3) is 2.34. The minimum atomic E-state index is -4.94. The molecule has 0 saturated carbocycles. The van der Waals surface area contributed by atoms with Gasteiger partial charge in [-0.05, 0) is 6.08 Å². The highest BCUT2D eigenvalue weighted by Crippen LogP contribution is 2.38. The van der Waals surface area contributed by atoms with Gasteiger partial charge in [0.1, 0.15) is 0 Å². The molecule has 2 rings (SSSR count). The fraction of sp³-hybridized carbons (Fsp3) is 0.333. The maximum atomic E-state index is 12.7. The summed E-state index contributed by atoms with van der Waals surface area (Å²) in [7, 11) is 1.28. The van der Waals surface area contributed by atoms with Gasteiger partial charge in [0.15, 0.2) is 11.3 Å². The molecular formula is C12H10F3NO4. The minimum absolute atomic E-state index is 0.191. The molecular weight excluding hydrogens is 279 g/mol. The molecule has 20 heavy (non-hydrogen) atoms. The zero-order valence-corrected chi connectivity index (χ0v) is 10.3. The van der Waals surface area contributed by atoms with Crippen LogP contribution in [-0.4, -0.2) is 23.2 Å². The van der Waals surface area contributed by atoms with Gasteiger partial charge in [0, 0.05) is 13.5 Å². The van der Waals surface area contributed by atoms with Crippen LogP contribution in [0.1, 0.15) is 28.6 Å². The number of nitrogens with zero attached hydrogens (tertiary/aromatic N) is 1. The number of aromatic carboxylic acids is 1. The Morgan fingerprint density at radius 1 is 1.50 bits per heavy atom. The molecule has 0 radical (unpaired) electrons. The van der Waals surface area contributed by atoms with Crippen molar-refractivity contribution in [1.82, 2.24) is 4.98 Å². The number of carboxylic acids is 1. The van der Waals surface area contributed by atoms with Crippen LogP contribution in [-0.2, 0) is 16.5 Å². The third-order valence-corrected chi connectivity index (χ3v) is 2.85. The molecule has 1 N–H and O–H groups in total. The Kier molecular flexibility index (Phi) is 3.43. The quantitative estimate of drug-likeness (QED) is 0.926. The van der Waals surface area contributed by atoms with Gasteiger partial charge in [-0.25, -0.2) is 9.78 Å². The molecule has 1 aromatic rings. The first kappa shape index (κ1) is 14.3. The molecule has 8 heteroatoms. The third-order valence-electron chi connectivity index (χ3n) is 2.85. The Balaban J connectivity index is 2.56. The van der Waals surface area contributed by atoms with E-state index in [9.17, 15) is 18.0 Å². The second-order valence-electron chi connectivity index (χ2n) is 4.08. The Bertz CT molecular complexity index is 588. The molecule has 0 fully saturated rings. The summed E-state index contributed by atoms with van der Waals surface area (Å²) in [5, 5.41) is 8.80. The lowest BCUT2D eigenvalue weighted by Gasteiger charge is -2.25. The van der Waals surface area contributed by atoms with E-state index in [2.05, 4.69) is 9.40 Å². The van der Waals surface area contributed by atoms with Crippen LogP contribution in [0.3, 0.4) is 0 Å². The first-order valence-corrected chi connectivity index (χ1v) is 5.51. The molecule has 1 heterocycles. The summed E-state index contributed by atoms with van der Waals surface area (Å²) in [6.07, 6.45) is 1.61. The first-order valence-electron chi connectivity index (χ1n) is 5.51. The fourth-order valence-corrected chi connectivity index (χ4v) is 1.84. The molecule has 0 saturated heterocycles. The number of carboxylic acid groups (broad SMARTS) is 1. The van der Waals surface area contributed by atoms with E-state index in [0.29, 0.717) is 0 Å². The largest absolute Gasteiger partial charge is 0.476 e. The summed E-state index contributed by atoms with van der Waals surface area (Å²) in [4.78, 5) is 14.3. The molecule has 1 aromatic heterocycles. The van der Waals surface area contributed by atoms with Crippen molar-refractivity contribution in [2.45, 2.75) is 18.2 Å². The van der Waals surface area contributed by atoms with Crippen molar-refractivity contribution in [2.75, 3.05) is 7.11 Å². The fourth-order valence-electron chi connectivity index (χ4n) is 1.84. The first-order chi connectivity index (χ1) is 9.30. The van der Waals surface area contributed by atoms with Gasteiger partial charge in [0.25, 0.3) is 0 Å². The van der Waals surface area contributed by atoms with Crippen LogP contribution >= 0.6 is 0 Å². The Morgan fingerprint density at radius 2 is 2.20 bits per heavy atom. The van der Waals surface area contributed by atoms with Gasteiger partial charge in [0.05, 0.1) is 0 Å². The second kappa shape index (κ2) is 4.78. The number of hydrogen-bond donors (Lipinski definition) is 1. The van der Waals surface area contributed by atoms with E-state index in [4.69, 9.17) is 9.84 Å². The number of ether oxygens (including phenoxy) is 1. The van der Waals surface area contributed by atoms with Crippen LogP contribution < -0.4 is 0 Å². The standard InChI is InChI=1S/C12H10F3NO4/c1-19-11(5-3-2-4-6-11)10-16-7(9(17)18)8(20-10)12(13,14)15/h2-5H,6H2,1H3,(H,17,18). The van der Waals surface area contributed by atoms with Crippen molar-refractivity contribution >= 4 is 5.97 Å². The summed E-state index contributed by atoms with van der Waals surface area (Å²) in [6, 6.07) is 0. The maximum absolute atomic E-state index is 12.7. The summed E-state index contributed by atoms with van der Waals surface area (Å²) in [5.74, 6) is -3.89. The van der Waals surface area contributed by atoms with Crippen LogP contribution in [0.4, 0.5) is 13.2 Å². The zero-order valence-electron chi connectivity index (χ0n) is 10.3. The Morgan fingerprint density at radius 3 is 2.60 bits per heavy atom. The second-order valence-corrected chi connectivity index (χ2v) is 4.08. The highest BCUT2D eigenvalue weighted by Gasteiger charge is 2.45. The maximum Gasteiger partial charge on any atom is 0.452 e. The molecule has 108 valence electrons. The number of halogens is 3. The summed E-state index contributed by atoms with van der Waals surface area (Å²) >= 11 is 0. The normalized spacial score (nSPS) is 22.2. The van der Waals surface area contributed by atoms with E-state index in [1.54, 1.807) is 18.2 Å². The SMILES string of the molecule is COC1(c2nc(C(=O)O)c(C(F)(F)F)o2)C=CC=CC1. The lowest BCUT2D eigenvalue weighted by molar-refractivity contribution is -0.155. The highest BCUT2D eigenvalue weighted by atomic mass is 19.4. The molecule has 1 aliphatic rings. The highest BCUT2D eigenvalue weighted by molar-refractivity contribution is 5.86. The van der Waals surface area contributed by atoms with Gasteiger partial charge in [-0.15, -0.1) is 0 Å². The molecule has 1 aliphatic carbocycles. The van der Waals surface area contributed by atoms with Gasteiger partial charge in [0.2, 0.25) is 11.7 Å². The van der Waals surface area contributed by atoms with Crippen LogP contribution in [0.2, 0.25) is 0 Å². The predicted molar refractivity (Wildman–Crippen MR) is 60.0 cm³/mol. The summed E-state index contributed by atoms with van der Waals surface area (Å²) in [6.45, 7) is 0. The van der Waals surface area contributed by atoms with E-state index < -0.39 is 35.1 Å². The van der Waals surface area contributed by atoms with Crippen molar-refractivity contribution < 1.29 is 32.2 Å². The van der Waals surface area contributed by atoms with Gasteiger partial charge in [-0.2, -0.15) is 13.2 Å². The van der Waals surface area contributed by atoms with Crippen LogP contribution in [0.15, 0.2) is 28.7 Å². The number of alkyl halides is 3. The van der Waals surface area contributed by atoms with Crippen LogP contribution in [0.25, 0.3) is 0 Å². The van der Waals surface area contributed by atoms with Gasteiger partial charge < -0.3 is 14.3 Å². The van der Waals surface area contributed by atoms with Gasteiger partial charge in [-0.3, -0.25) is 0 Å². The lowest BCUT2D eigenvalue weighted by Crippen LogP contribution is -2.27. The molecule has 0 amide bonds. The molecule has 0 spiro atoms. The molecule has 5 nitrogen and oxygen atoms in total. The van der Waals surface area contributed by atoms with E-state index in [1.165, 1.54) is 13.2 Å². The van der Waals surface area contributed by atoms with Crippen LogP contribution in [0, 0.1) is 0 Å². The summed E-state index contributed by atoms with van der Waals surface area (Å²) < 4.78 is 48.1. The van der Waals surface area contributed by atoms with E-state index >= 15 is 0 Å². The Labute approximate surface area is 111 Å². The monoisotopic (exact) mass is 289 g/mol.